The van der Waals surface area contributed by atoms with Crippen LogP contribution in [-0.4, -0.2) is 122 Å². The molecule has 0 saturated heterocycles. The minimum atomic E-state index is -4.64. The quantitative estimate of drug-likeness (QED) is 0.200. The van der Waals surface area contributed by atoms with Gasteiger partial charge in [0.05, 0.1) is 0 Å². The molecular formula is H13AlCa2O8P2. The van der Waals surface area contributed by atoms with Gasteiger partial charge in [0.1, 0.15) is 0 Å². The topological polar surface area (TPSA) is 156 Å². The van der Waals surface area contributed by atoms with Gasteiger partial charge < -0.3 is 35.1 Å². The maximum atomic E-state index is 8.88. The van der Waals surface area contributed by atoms with E-state index in [9.17, 15) is 0 Å². The zero-order valence-electron chi connectivity index (χ0n) is 9.81. The van der Waals surface area contributed by atoms with Gasteiger partial charge in [0.2, 0.25) is 0 Å². The van der Waals surface area contributed by atoms with Crippen LogP contribution in [0.1, 0.15) is 5.71 Å². The van der Waals surface area contributed by atoms with Crippen molar-refractivity contribution in [2.75, 3.05) is 0 Å². The van der Waals surface area contributed by atoms with Crippen LogP contribution in [0.3, 0.4) is 0 Å². The van der Waals surface area contributed by atoms with Crippen molar-refractivity contribution in [1.29, 1.82) is 0 Å². The van der Waals surface area contributed by atoms with Crippen LogP contribution in [-0.2, 0) is 9.13 Å². The molecule has 0 bridgehead atoms. The van der Waals surface area contributed by atoms with Crippen molar-refractivity contribution in [2.24, 2.45) is 0 Å². The van der Waals surface area contributed by atoms with E-state index in [2.05, 4.69) is 0 Å². The number of phosphoric acid groups is 2. The Morgan fingerprint density at radius 1 is 0.692 bits per heavy atom. The van der Waals surface area contributed by atoms with Crippen LogP contribution in [0.2, 0.25) is 0 Å². The predicted molar refractivity (Wildman–Crippen MR) is 54.4 cm³/mol. The summed E-state index contributed by atoms with van der Waals surface area (Å²) >= 11 is 0. The molecule has 8 nitrogen and oxygen atoms in total. The molecule has 0 saturated carbocycles. The summed E-state index contributed by atoms with van der Waals surface area (Å²) in [6.07, 6.45) is 0. The minimum absolute atomic E-state index is 0. The van der Waals surface area contributed by atoms with Crippen LogP contribution in [0, 0.1) is 0 Å². The second-order valence-electron chi connectivity index (χ2n) is 1.03. The standard InChI is InChI=1S/Al.2Ca.2H3O4P.7H/c;;;2*1-5(2,3)4;;;;;;;/h;;;2*(H3,1,2,3,4);;;;;;;/q;2*+2;;;;;;4*-1. The summed E-state index contributed by atoms with van der Waals surface area (Å²) in [5, 5.41) is 0. The van der Waals surface area contributed by atoms with Gasteiger partial charge in [0.25, 0.3) is 0 Å². The van der Waals surface area contributed by atoms with E-state index >= 15 is 0 Å². The minimum Gasteiger partial charge on any atom is -1.00 e. The first kappa shape index (κ1) is 29.9. The van der Waals surface area contributed by atoms with Crippen molar-refractivity contribution in [3.8, 4) is 0 Å². The van der Waals surface area contributed by atoms with E-state index < -0.39 is 15.6 Å². The summed E-state index contributed by atoms with van der Waals surface area (Å²) in [6, 6.07) is 0. The summed E-state index contributed by atoms with van der Waals surface area (Å²) in [6.45, 7) is 0. The SMILES string of the molecule is O=P(O)(O)O.O=P(O)(O)O.[AlH3].[Ca+2].[Ca+2].[H-].[H-].[H-].[H-]. The predicted octanol–water partition coefficient (Wildman–Crippen LogP) is -3.35. The van der Waals surface area contributed by atoms with Crippen LogP contribution in [0.5, 0.6) is 0 Å². The van der Waals surface area contributed by atoms with Crippen molar-refractivity contribution in [3.63, 3.8) is 0 Å². The Hall–Kier alpha value is 3.27. The van der Waals surface area contributed by atoms with Crippen LogP contribution >= 0.6 is 15.6 Å². The second-order valence-corrected chi connectivity index (χ2v) is 3.08. The number of hydrogen-bond donors (Lipinski definition) is 6. The maximum Gasteiger partial charge on any atom is 2.00 e. The van der Waals surface area contributed by atoms with Gasteiger partial charge in [-0.1, -0.05) is 0 Å². The van der Waals surface area contributed by atoms with Crippen molar-refractivity contribution < 1.29 is 44.2 Å². The van der Waals surface area contributed by atoms with Crippen molar-refractivity contribution in [3.05, 3.63) is 0 Å². The molecule has 13 heteroatoms. The molecule has 0 unspecified atom stereocenters. The van der Waals surface area contributed by atoms with Gasteiger partial charge >= 0.3 is 91.1 Å². The van der Waals surface area contributed by atoms with Gasteiger partial charge in [-0.2, -0.15) is 0 Å². The first-order valence-electron chi connectivity index (χ1n) is 1.57. The molecule has 78 valence electrons. The molecule has 0 aliphatic carbocycles. The van der Waals surface area contributed by atoms with Gasteiger partial charge in [-0.3, -0.25) is 0 Å². The maximum absolute atomic E-state index is 8.88. The zero-order valence-corrected chi connectivity index (χ0v) is 12.0. The third-order valence-electron chi connectivity index (χ3n) is 0. The molecule has 0 amide bonds. The first-order chi connectivity index (χ1) is 4.00. The van der Waals surface area contributed by atoms with E-state index in [0.717, 1.165) is 0 Å². The van der Waals surface area contributed by atoms with Gasteiger partial charge in [-0.15, -0.1) is 0 Å². The van der Waals surface area contributed by atoms with Crippen LogP contribution in [0.25, 0.3) is 0 Å². The second kappa shape index (κ2) is 13.3. The summed E-state index contributed by atoms with van der Waals surface area (Å²) < 4.78 is 17.8. The van der Waals surface area contributed by atoms with E-state index in [1.165, 1.54) is 0 Å². The van der Waals surface area contributed by atoms with Crippen molar-refractivity contribution >= 4 is 108 Å². The Kier molecular flexibility index (Phi) is 30.6. The van der Waals surface area contributed by atoms with E-state index in [-0.39, 0.29) is 98.5 Å². The Morgan fingerprint density at radius 2 is 0.692 bits per heavy atom. The molecule has 0 atom stereocenters. The third kappa shape index (κ3) is 251. The Balaban J connectivity index is -0.00000000762. The summed E-state index contributed by atoms with van der Waals surface area (Å²) in [7, 11) is -9.28. The van der Waals surface area contributed by atoms with Crippen LogP contribution in [0.4, 0.5) is 0 Å². The summed E-state index contributed by atoms with van der Waals surface area (Å²) in [4.78, 5) is 43.1. The third-order valence-corrected chi connectivity index (χ3v) is 0. The van der Waals surface area contributed by atoms with Gasteiger partial charge in [0.15, 0.2) is 17.4 Å². The van der Waals surface area contributed by atoms with Crippen LogP contribution in [0.15, 0.2) is 0 Å². The molecule has 0 aromatic carbocycles. The molecule has 13 heavy (non-hydrogen) atoms. The fraction of sp³-hybridized carbons (Fsp3) is 0. The van der Waals surface area contributed by atoms with E-state index in [4.69, 9.17) is 38.5 Å². The van der Waals surface area contributed by atoms with E-state index in [0.29, 0.717) is 0 Å². The first-order valence-corrected chi connectivity index (χ1v) is 4.70. The van der Waals surface area contributed by atoms with E-state index in [1.807, 2.05) is 0 Å². The molecule has 0 spiro atoms. The van der Waals surface area contributed by atoms with Gasteiger partial charge in [0, 0.05) is 0 Å². The summed E-state index contributed by atoms with van der Waals surface area (Å²) in [5.74, 6) is 0. The molecule has 0 heterocycles. The molecule has 0 aliphatic heterocycles. The molecular weight excluding hydrogens is 297 g/mol. The molecule has 0 rings (SSSR count). The van der Waals surface area contributed by atoms with E-state index in [1.54, 1.807) is 0 Å². The fourth-order valence-corrected chi connectivity index (χ4v) is 0. The van der Waals surface area contributed by atoms with Gasteiger partial charge in [-0.25, -0.2) is 9.13 Å². The molecule has 6 N–H and O–H groups in total. The van der Waals surface area contributed by atoms with Crippen molar-refractivity contribution in [2.45, 2.75) is 0 Å². The Morgan fingerprint density at radius 3 is 0.692 bits per heavy atom. The fourth-order valence-electron chi connectivity index (χ4n) is 0. The molecule has 0 radical (unpaired) electrons. The molecule has 0 fully saturated rings. The average molecular weight is 310 g/mol. The largest absolute Gasteiger partial charge is 2.00 e. The zero-order chi connectivity index (χ0) is 9.00. The number of rotatable bonds is 0. The Bertz CT molecular complexity index is 146. The molecule has 0 aromatic rings. The van der Waals surface area contributed by atoms with Gasteiger partial charge in [-0.05, 0) is 0 Å². The normalized spacial score (nSPS) is 9.08. The molecule has 0 aromatic heterocycles. The van der Waals surface area contributed by atoms with Crippen LogP contribution < -0.4 is 0 Å². The summed E-state index contributed by atoms with van der Waals surface area (Å²) in [5.41, 5.74) is 0. The smallest absolute Gasteiger partial charge is 1.00 e. The number of hydrogen-bond acceptors (Lipinski definition) is 2. The van der Waals surface area contributed by atoms with Crippen molar-refractivity contribution in [1.82, 2.24) is 0 Å². The average Bonchev–Trinajstić information content (AvgIpc) is 1.12. The monoisotopic (exact) mass is 310 g/mol. The Labute approximate surface area is 150 Å². The molecule has 0 aliphatic rings.